The molecule has 0 heterocycles. The molecule has 18 heavy (non-hydrogen) atoms. The van der Waals surface area contributed by atoms with Crippen LogP contribution in [0.1, 0.15) is 5.56 Å². The number of aliphatic carboxylic acids is 1. The lowest BCUT2D eigenvalue weighted by Gasteiger charge is -2.14. The largest absolute Gasteiger partial charge is 0.497 e. The zero-order chi connectivity index (χ0) is 13.4. The van der Waals surface area contributed by atoms with Gasteiger partial charge in [-0.15, -0.1) is 0 Å². The van der Waals surface area contributed by atoms with Gasteiger partial charge in [-0.2, -0.15) is 0 Å². The molecule has 0 spiro atoms. The SMILES string of the molecule is COc1cccc(CCN(C)C/C=C/C(=O)O)c1. The third kappa shape index (κ3) is 5.50. The van der Waals surface area contributed by atoms with Crippen molar-refractivity contribution in [2.75, 3.05) is 27.2 Å². The zero-order valence-corrected chi connectivity index (χ0v) is 10.8. The van der Waals surface area contributed by atoms with E-state index in [1.165, 1.54) is 11.6 Å². The molecule has 0 aliphatic rings. The van der Waals surface area contributed by atoms with Crippen LogP contribution in [0.3, 0.4) is 0 Å². The maximum atomic E-state index is 10.3. The monoisotopic (exact) mass is 249 g/mol. The molecule has 1 aromatic carbocycles. The lowest BCUT2D eigenvalue weighted by Crippen LogP contribution is -2.21. The molecule has 0 aliphatic carbocycles. The summed E-state index contributed by atoms with van der Waals surface area (Å²) in [5, 5.41) is 8.47. The molecule has 0 atom stereocenters. The molecule has 0 saturated heterocycles. The van der Waals surface area contributed by atoms with Gasteiger partial charge in [-0.25, -0.2) is 4.79 Å². The number of hydrogen-bond acceptors (Lipinski definition) is 3. The molecule has 0 aromatic heterocycles. The van der Waals surface area contributed by atoms with Gasteiger partial charge in [0.05, 0.1) is 7.11 Å². The van der Waals surface area contributed by atoms with Crippen LogP contribution in [0.15, 0.2) is 36.4 Å². The second-order valence-electron chi connectivity index (χ2n) is 4.10. The summed E-state index contributed by atoms with van der Waals surface area (Å²) in [7, 11) is 3.62. The highest BCUT2D eigenvalue weighted by atomic mass is 16.5. The van der Waals surface area contributed by atoms with Gasteiger partial charge in [-0.1, -0.05) is 18.2 Å². The molecular weight excluding hydrogens is 230 g/mol. The molecule has 4 nitrogen and oxygen atoms in total. The fourth-order valence-corrected chi connectivity index (χ4v) is 1.57. The van der Waals surface area contributed by atoms with Gasteiger partial charge in [0.15, 0.2) is 0 Å². The highest BCUT2D eigenvalue weighted by Gasteiger charge is 1.99. The van der Waals surface area contributed by atoms with Crippen molar-refractivity contribution >= 4 is 5.97 Å². The first kappa shape index (κ1) is 14.3. The first-order valence-corrected chi connectivity index (χ1v) is 5.82. The van der Waals surface area contributed by atoms with Gasteiger partial charge < -0.3 is 14.7 Å². The standard InChI is InChI=1S/C14H19NO3/c1-15(9-4-7-14(16)17)10-8-12-5-3-6-13(11-12)18-2/h3-7,11H,8-10H2,1-2H3,(H,16,17)/b7-4+. The van der Waals surface area contributed by atoms with E-state index >= 15 is 0 Å². The fraction of sp³-hybridized carbons (Fsp3) is 0.357. The highest BCUT2D eigenvalue weighted by Crippen LogP contribution is 2.12. The molecule has 0 unspecified atom stereocenters. The number of carboxylic acid groups (broad SMARTS) is 1. The zero-order valence-electron chi connectivity index (χ0n) is 10.8. The van der Waals surface area contributed by atoms with Crippen molar-refractivity contribution in [3.05, 3.63) is 42.0 Å². The van der Waals surface area contributed by atoms with Crippen molar-refractivity contribution in [1.29, 1.82) is 0 Å². The second-order valence-corrected chi connectivity index (χ2v) is 4.10. The Morgan fingerprint density at radius 3 is 2.94 bits per heavy atom. The molecule has 1 aromatic rings. The minimum atomic E-state index is -0.906. The van der Waals surface area contributed by atoms with Crippen molar-refractivity contribution in [3.63, 3.8) is 0 Å². The third-order valence-corrected chi connectivity index (χ3v) is 2.59. The van der Waals surface area contributed by atoms with E-state index in [9.17, 15) is 4.79 Å². The van der Waals surface area contributed by atoms with Gasteiger partial charge in [-0.3, -0.25) is 0 Å². The Hall–Kier alpha value is -1.81. The highest BCUT2D eigenvalue weighted by molar-refractivity contribution is 5.79. The predicted molar refractivity (Wildman–Crippen MR) is 71.0 cm³/mol. The molecule has 0 aliphatic heterocycles. The van der Waals surface area contributed by atoms with E-state index in [0.29, 0.717) is 6.54 Å². The number of benzene rings is 1. The Kier molecular flexibility index (Phi) is 5.94. The van der Waals surface area contributed by atoms with E-state index in [4.69, 9.17) is 9.84 Å². The van der Waals surface area contributed by atoms with Gasteiger partial charge >= 0.3 is 5.97 Å². The molecule has 0 radical (unpaired) electrons. The van der Waals surface area contributed by atoms with Gasteiger partial charge in [-0.05, 0) is 31.2 Å². The van der Waals surface area contributed by atoms with Crippen LogP contribution in [0.4, 0.5) is 0 Å². The van der Waals surface area contributed by atoms with Gasteiger partial charge in [0.1, 0.15) is 5.75 Å². The first-order chi connectivity index (χ1) is 8.61. The third-order valence-electron chi connectivity index (χ3n) is 2.59. The number of carbonyl (C=O) groups is 1. The minimum Gasteiger partial charge on any atom is -0.497 e. The van der Waals surface area contributed by atoms with Crippen molar-refractivity contribution in [2.24, 2.45) is 0 Å². The van der Waals surface area contributed by atoms with Crippen LogP contribution < -0.4 is 4.74 Å². The smallest absolute Gasteiger partial charge is 0.328 e. The molecule has 4 heteroatoms. The van der Waals surface area contributed by atoms with Crippen molar-refractivity contribution < 1.29 is 14.6 Å². The summed E-state index contributed by atoms with van der Waals surface area (Å²) >= 11 is 0. The molecule has 0 saturated carbocycles. The Bertz CT molecular complexity index is 415. The number of likely N-dealkylation sites (N-methyl/N-ethyl adjacent to an activating group) is 1. The number of nitrogens with zero attached hydrogens (tertiary/aromatic N) is 1. The lowest BCUT2D eigenvalue weighted by molar-refractivity contribution is -0.131. The quantitative estimate of drug-likeness (QED) is 0.749. The lowest BCUT2D eigenvalue weighted by atomic mass is 10.1. The van der Waals surface area contributed by atoms with Crippen LogP contribution in [0.25, 0.3) is 0 Å². The Balaban J connectivity index is 2.37. The van der Waals surface area contributed by atoms with E-state index in [-0.39, 0.29) is 0 Å². The van der Waals surface area contributed by atoms with E-state index in [0.717, 1.165) is 18.7 Å². The first-order valence-electron chi connectivity index (χ1n) is 5.82. The van der Waals surface area contributed by atoms with E-state index in [2.05, 4.69) is 11.0 Å². The number of carboxylic acids is 1. The molecule has 1 N–H and O–H groups in total. The normalized spacial score (nSPS) is 11.1. The summed E-state index contributed by atoms with van der Waals surface area (Å²) in [5.74, 6) is -0.0443. The van der Waals surface area contributed by atoms with Crippen LogP contribution in [0.2, 0.25) is 0 Å². The van der Waals surface area contributed by atoms with Gasteiger partial charge in [0, 0.05) is 19.2 Å². The van der Waals surface area contributed by atoms with E-state index < -0.39 is 5.97 Å². The summed E-state index contributed by atoms with van der Waals surface area (Å²) in [6, 6.07) is 7.96. The summed E-state index contributed by atoms with van der Waals surface area (Å²) in [5.41, 5.74) is 1.21. The summed E-state index contributed by atoms with van der Waals surface area (Å²) in [6.07, 6.45) is 3.73. The Labute approximate surface area is 107 Å². The van der Waals surface area contributed by atoms with Gasteiger partial charge in [0.2, 0.25) is 0 Å². The van der Waals surface area contributed by atoms with E-state index in [1.807, 2.05) is 25.2 Å². The van der Waals surface area contributed by atoms with Crippen molar-refractivity contribution in [3.8, 4) is 5.75 Å². The molecule has 1 rings (SSSR count). The number of methoxy groups -OCH3 is 1. The van der Waals surface area contributed by atoms with Crippen molar-refractivity contribution in [2.45, 2.75) is 6.42 Å². The average Bonchev–Trinajstić information content (AvgIpc) is 2.36. The maximum absolute atomic E-state index is 10.3. The van der Waals surface area contributed by atoms with Crippen LogP contribution in [0, 0.1) is 0 Å². The van der Waals surface area contributed by atoms with Crippen LogP contribution >= 0.6 is 0 Å². The maximum Gasteiger partial charge on any atom is 0.328 e. The summed E-state index contributed by atoms with van der Waals surface area (Å²) in [6.45, 7) is 1.51. The minimum absolute atomic E-state index is 0.635. The van der Waals surface area contributed by atoms with Crippen LogP contribution in [-0.2, 0) is 11.2 Å². The molecule has 0 amide bonds. The van der Waals surface area contributed by atoms with Crippen molar-refractivity contribution in [1.82, 2.24) is 4.90 Å². The van der Waals surface area contributed by atoms with Crippen LogP contribution in [0.5, 0.6) is 5.75 Å². The fourth-order valence-electron chi connectivity index (χ4n) is 1.57. The summed E-state index contributed by atoms with van der Waals surface area (Å²) in [4.78, 5) is 12.4. The van der Waals surface area contributed by atoms with Gasteiger partial charge in [0.25, 0.3) is 0 Å². The Morgan fingerprint density at radius 1 is 1.50 bits per heavy atom. The Morgan fingerprint density at radius 2 is 2.28 bits per heavy atom. The van der Waals surface area contributed by atoms with E-state index in [1.54, 1.807) is 13.2 Å². The number of hydrogen-bond donors (Lipinski definition) is 1. The summed E-state index contributed by atoms with van der Waals surface area (Å²) < 4.78 is 5.16. The molecule has 98 valence electrons. The molecule has 0 bridgehead atoms. The topological polar surface area (TPSA) is 49.8 Å². The molecular formula is C14H19NO3. The van der Waals surface area contributed by atoms with Crippen LogP contribution in [-0.4, -0.2) is 43.2 Å². The average molecular weight is 249 g/mol. The number of rotatable bonds is 7. The molecule has 0 fully saturated rings. The predicted octanol–water partition coefficient (Wildman–Crippen LogP) is 1.81. The number of ether oxygens (including phenoxy) is 1. The second kappa shape index (κ2) is 7.50.